The molecule has 1 heterocycles. The fraction of sp³-hybridized carbons (Fsp3) is 0.417. The molecule has 1 aromatic rings. The molecule has 21 heavy (non-hydrogen) atoms. The zero-order chi connectivity index (χ0) is 15.8. The number of carbonyl (C=O) groups excluding carboxylic acids is 1. The number of aromatic nitrogens is 1. The van der Waals surface area contributed by atoms with Gasteiger partial charge in [0.25, 0.3) is 11.6 Å². The lowest BCUT2D eigenvalue weighted by Gasteiger charge is -2.08. The lowest BCUT2D eigenvalue weighted by molar-refractivity contribution is -0.385. The van der Waals surface area contributed by atoms with E-state index in [2.05, 4.69) is 10.3 Å². The number of unbranched alkanes of at least 4 members (excludes halogenated alkanes) is 2. The van der Waals surface area contributed by atoms with E-state index in [1.54, 1.807) is 0 Å². The molecule has 0 radical (unpaired) electrons. The number of amides is 1. The van der Waals surface area contributed by atoms with E-state index in [9.17, 15) is 19.7 Å². The Morgan fingerprint density at radius 2 is 2.10 bits per heavy atom. The average Bonchev–Trinajstić information content (AvgIpc) is 2.42. The van der Waals surface area contributed by atoms with Crippen LogP contribution in [0.3, 0.4) is 0 Å². The maximum absolute atomic E-state index is 11.3. The van der Waals surface area contributed by atoms with Gasteiger partial charge in [0.1, 0.15) is 12.0 Å². The van der Waals surface area contributed by atoms with Gasteiger partial charge in [-0.15, -0.1) is 0 Å². The fourth-order valence-corrected chi connectivity index (χ4v) is 1.67. The summed E-state index contributed by atoms with van der Waals surface area (Å²) >= 11 is 0. The molecule has 0 aliphatic rings. The van der Waals surface area contributed by atoms with E-state index < -0.39 is 16.8 Å². The Bertz CT molecular complexity index is 546. The lowest BCUT2D eigenvalue weighted by atomic mass is 10.2. The van der Waals surface area contributed by atoms with Crippen LogP contribution in [0.2, 0.25) is 0 Å². The Labute approximate surface area is 120 Å². The number of nitro groups is 1. The van der Waals surface area contributed by atoms with Crippen molar-refractivity contribution in [3.8, 4) is 0 Å². The van der Waals surface area contributed by atoms with Crippen LogP contribution < -0.4 is 11.1 Å². The van der Waals surface area contributed by atoms with Crippen molar-refractivity contribution in [1.82, 2.24) is 4.98 Å². The van der Waals surface area contributed by atoms with Gasteiger partial charge >= 0.3 is 5.97 Å². The second-order valence-corrected chi connectivity index (χ2v) is 4.34. The van der Waals surface area contributed by atoms with Gasteiger partial charge in [-0.1, -0.05) is 6.42 Å². The van der Waals surface area contributed by atoms with Crippen LogP contribution in [0.15, 0.2) is 12.3 Å². The standard InChI is InChI=1S/C12H16N4O5/c13-11(19)9-6-8(16(20)21)7-15-12(9)14-5-3-1-2-4-10(17)18/h6-7H,1-5H2,(H2,13,19)(H,14,15)(H,17,18). The van der Waals surface area contributed by atoms with Crippen LogP contribution in [0.1, 0.15) is 36.0 Å². The number of nitrogens with two attached hydrogens (primary N) is 1. The van der Waals surface area contributed by atoms with Gasteiger partial charge in [-0.2, -0.15) is 0 Å². The first-order valence-electron chi connectivity index (χ1n) is 6.31. The zero-order valence-electron chi connectivity index (χ0n) is 11.2. The van der Waals surface area contributed by atoms with E-state index in [4.69, 9.17) is 10.8 Å². The number of carboxylic acid groups (broad SMARTS) is 1. The molecular formula is C12H16N4O5. The van der Waals surface area contributed by atoms with Gasteiger partial charge in [0.15, 0.2) is 0 Å². The van der Waals surface area contributed by atoms with Crippen LogP contribution in [-0.4, -0.2) is 33.4 Å². The summed E-state index contributed by atoms with van der Waals surface area (Å²) in [5.74, 6) is -1.46. The molecule has 0 fully saturated rings. The summed E-state index contributed by atoms with van der Waals surface area (Å²) in [5.41, 5.74) is 4.81. The first-order valence-corrected chi connectivity index (χ1v) is 6.31. The summed E-state index contributed by atoms with van der Waals surface area (Å²) in [6.45, 7) is 0.463. The van der Waals surface area contributed by atoms with E-state index in [-0.39, 0.29) is 23.5 Å². The molecule has 0 saturated heterocycles. The monoisotopic (exact) mass is 296 g/mol. The minimum atomic E-state index is -0.837. The van der Waals surface area contributed by atoms with Crippen LogP contribution >= 0.6 is 0 Å². The molecule has 0 saturated carbocycles. The normalized spacial score (nSPS) is 10.1. The summed E-state index contributed by atoms with van der Waals surface area (Å²) in [6.07, 6.45) is 3.11. The predicted molar refractivity (Wildman–Crippen MR) is 74.0 cm³/mol. The third-order valence-electron chi connectivity index (χ3n) is 2.71. The predicted octanol–water partition coefficient (Wildman–Crippen LogP) is 1.15. The third kappa shape index (κ3) is 5.43. The SMILES string of the molecule is NC(=O)c1cc([N+](=O)[O-])cnc1NCCCCCC(=O)O. The second-order valence-electron chi connectivity index (χ2n) is 4.34. The number of pyridine rings is 1. The summed E-state index contributed by atoms with van der Waals surface area (Å²) in [4.78, 5) is 35.4. The van der Waals surface area contributed by atoms with E-state index >= 15 is 0 Å². The number of carboxylic acids is 1. The molecular weight excluding hydrogens is 280 g/mol. The van der Waals surface area contributed by atoms with Crippen molar-refractivity contribution in [3.05, 3.63) is 27.9 Å². The van der Waals surface area contributed by atoms with Gasteiger partial charge in [0.05, 0.1) is 10.5 Å². The van der Waals surface area contributed by atoms with Crippen molar-refractivity contribution < 1.29 is 19.6 Å². The van der Waals surface area contributed by atoms with Crippen LogP contribution in [0.25, 0.3) is 0 Å². The number of hydrogen-bond donors (Lipinski definition) is 3. The first-order chi connectivity index (χ1) is 9.91. The van der Waals surface area contributed by atoms with Crippen molar-refractivity contribution in [3.63, 3.8) is 0 Å². The molecule has 0 bridgehead atoms. The van der Waals surface area contributed by atoms with E-state index in [1.165, 1.54) is 0 Å². The Morgan fingerprint density at radius 1 is 1.38 bits per heavy atom. The molecule has 1 rings (SSSR count). The first kappa shape index (κ1) is 16.3. The molecule has 1 amide bonds. The lowest BCUT2D eigenvalue weighted by Crippen LogP contribution is -2.16. The highest BCUT2D eigenvalue weighted by Crippen LogP contribution is 2.18. The van der Waals surface area contributed by atoms with Crippen molar-refractivity contribution in [2.24, 2.45) is 5.73 Å². The number of anilines is 1. The van der Waals surface area contributed by atoms with Crippen molar-refractivity contribution in [2.45, 2.75) is 25.7 Å². The number of primary amides is 1. The van der Waals surface area contributed by atoms with Gasteiger partial charge in [0, 0.05) is 19.0 Å². The molecule has 0 atom stereocenters. The largest absolute Gasteiger partial charge is 0.481 e. The topological polar surface area (TPSA) is 148 Å². The van der Waals surface area contributed by atoms with Crippen LogP contribution in [0.4, 0.5) is 11.5 Å². The van der Waals surface area contributed by atoms with Crippen LogP contribution in [0.5, 0.6) is 0 Å². The van der Waals surface area contributed by atoms with Gasteiger partial charge in [-0.05, 0) is 12.8 Å². The third-order valence-corrected chi connectivity index (χ3v) is 2.71. The molecule has 4 N–H and O–H groups in total. The number of aliphatic carboxylic acids is 1. The maximum atomic E-state index is 11.3. The minimum Gasteiger partial charge on any atom is -0.481 e. The summed E-state index contributed by atoms with van der Waals surface area (Å²) in [7, 11) is 0. The van der Waals surface area contributed by atoms with Crippen LogP contribution in [0, 0.1) is 10.1 Å². The quantitative estimate of drug-likeness (QED) is 0.351. The molecule has 9 heteroatoms. The maximum Gasteiger partial charge on any atom is 0.303 e. The average molecular weight is 296 g/mol. The summed E-state index contributed by atoms with van der Waals surface area (Å²) < 4.78 is 0. The van der Waals surface area contributed by atoms with Crippen LogP contribution in [-0.2, 0) is 4.79 Å². The number of hydrogen-bond acceptors (Lipinski definition) is 6. The second kappa shape index (κ2) is 7.78. The van der Waals surface area contributed by atoms with Crippen molar-refractivity contribution in [2.75, 3.05) is 11.9 Å². The van der Waals surface area contributed by atoms with Crippen molar-refractivity contribution >= 4 is 23.4 Å². The van der Waals surface area contributed by atoms with Gasteiger partial charge in [-0.25, -0.2) is 4.98 Å². The zero-order valence-corrected chi connectivity index (χ0v) is 11.2. The highest BCUT2D eigenvalue weighted by molar-refractivity contribution is 5.98. The Balaban J connectivity index is 2.56. The van der Waals surface area contributed by atoms with E-state index in [1.807, 2.05) is 0 Å². The number of rotatable bonds is 9. The molecule has 0 aliphatic carbocycles. The number of nitrogens with zero attached hydrogens (tertiary/aromatic N) is 2. The summed E-state index contributed by atoms with van der Waals surface area (Å²) in [6, 6.07) is 1.07. The molecule has 0 unspecified atom stereocenters. The van der Waals surface area contributed by atoms with Gasteiger partial charge < -0.3 is 16.2 Å². The Morgan fingerprint density at radius 3 is 2.67 bits per heavy atom. The molecule has 9 nitrogen and oxygen atoms in total. The highest BCUT2D eigenvalue weighted by Gasteiger charge is 2.15. The van der Waals surface area contributed by atoms with Gasteiger partial charge in [-0.3, -0.25) is 19.7 Å². The molecule has 0 aliphatic heterocycles. The number of carbonyl (C=O) groups is 2. The fourth-order valence-electron chi connectivity index (χ4n) is 1.67. The summed E-state index contributed by atoms with van der Waals surface area (Å²) in [5, 5.41) is 22.0. The Kier molecular flexibility index (Phi) is 6.05. The smallest absolute Gasteiger partial charge is 0.303 e. The van der Waals surface area contributed by atoms with Gasteiger partial charge in [0.2, 0.25) is 0 Å². The van der Waals surface area contributed by atoms with Crippen molar-refractivity contribution in [1.29, 1.82) is 0 Å². The molecule has 0 aromatic carbocycles. The highest BCUT2D eigenvalue weighted by atomic mass is 16.6. The number of nitrogens with one attached hydrogen (secondary N) is 1. The minimum absolute atomic E-state index is 0.0465. The molecule has 0 spiro atoms. The van der Waals surface area contributed by atoms with E-state index in [0.29, 0.717) is 25.8 Å². The van der Waals surface area contributed by atoms with E-state index in [0.717, 1.165) is 12.3 Å². The Hall–Kier alpha value is -2.71. The molecule has 1 aromatic heterocycles. The molecule has 114 valence electrons.